The molecule has 2 N–H and O–H groups in total. The van der Waals surface area contributed by atoms with Crippen molar-refractivity contribution >= 4 is 33.1 Å². The number of thiazole rings is 1. The predicted octanol–water partition coefficient (Wildman–Crippen LogP) is 4.62. The lowest BCUT2D eigenvalue weighted by atomic mass is 10.1. The van der Waals surface area contributed by atoms with Gasteiger partial charge in [-0.2, -0.15) is 0 Å². The maximum atomic E-state index is 5.56. The van der Waals surface area contributed by atoms with Crippen LogP contribution in [0.2, 0.25) is 0 Å². The third-order valence-electron chi connectivity index (χ3n) is 3.55. The molecule has 0 aliphatic rings. The van der Waals surface area contributed by atoms with E-state index in [1.165, 1.54) is 0 Å². The Kier molecular flexibility index (Phi) is 4.85. The van der Waals surface area contributed by atoms with Crippen molar-refractivity contribution in [1.82, 2.24) is 9.97 Å². The third-order valence-corrected chi connectivity index (χ3v) is 4.32. The number of fused-ring (bicyclic) bond motifs is 1. The minimum absolute atomic E-state index is 0.353. The molecule has 3 aromatic rings. The van der Waals surface area contributed by atoms with Gasteiger partial charge in [-0.05, 0) is 39.0 Å². The lowest BCUT2D eigenvalue weighted by Gasteiger charge is -2.10. The molecule has 5 nitrogen and oxygen atoms in total. The van der Waals surface area contributed by atoms with Crippen LogP contribution in [0.5, 0.6) is 5.75 Å². The average molecular weight is 342 g/mol. The summed E-state index contributed by atoms with van der Waals surface area (Å²) in [6.45, 7) is 7.15. The second kappa shape index (κ2) is 7.05. The van der Waals surface area contributed by atoms with E-state index in [1.54, 1.807) is 18.4 Å². The SMILES string of the molecule is CCNc1ccc2c(OC)cc(-c3csc(NC(C)C)n3)nc2c1. The lowest BCUT2D eigenvalue weighted by Crippen LogP contribution is -2.09. The van der Waals surface area contributed by atoms with Crippen LogP contribution in [0.25, 0.3) is 22.3 Å². The fourth-order valence-corrected chi connectivity index (χ4v) is 3.37. The van der Waals surface area contributed by atoms with Crippen molar-refractivity contribution in [2.75, 3.05) is 24.3 Å². The Morgan fingerprint density at radius 1 is 1.17 bits per heavy atom. The number of anilines is 2. The van der Waals surface area contributed by atoms with E-state index in [-0.39, 0.29) is 0 Å². The van der Waals surface area contributed by atoms with Crippen LogP contribution in [0.3, 0.4) is 0 Å². The second-order valence-corrected chi connectivity index (χ2v) is 6.67. The maximum Gasteiger partial charge on any atom is 0.183 e. The Morgan fingerprint density at radius 3 is 2.71 bits per heavy atom. The van der Waals surface area contributed by atoms with Gasteiger partial charge in [-0.25, -0.2) is 9.97 Å². The molecule has 0 radical (unpaired) electrons. The highest BCUT2D eigenvalue weighted by molar-refractivity contribution is 7.14. The van der Waals surface area contributed by atoms with Crippen LogP contribution in [0.15, 0.2) is 29.6 Å². The molecule has 6 heteroatoms. The van der Waals surface area contributed by atoms with Crippen molar-refractivity contribution in [3.05, 3.63) is 29.6 Å². The zero-order chi connectivity index (χ0) is 17.1. The van der Waals surface area contributed by atoms with Gasteiger partial charge in [-0.3, -0.25) is 0 Å². The zero-order valence-corrected chi connectivity index (χ0v) is 15.2. The van der Waals surface area contributed by atoms with Crippen molar-refractivity contribution in [2.45, 2.75) is 26.8 Å². The molecule has 2 heterocycles. The molecule has 0 unspecified atom stereocenters. The van der Waals surface area contributed by atoms with Crippen LogP contribution in [0.4, 0.5) is 10.8 Å². The van der Waals surface area contributed by atoms with Crippen LogP contribution < -0.4 is 15.4 Å². The molecular formula is C18H22N4OS. The van der Waals surface area contributed by atoms with Gasteiger partial charge < -0.3 is 15.4 Å². The Hall–Kier alpha value is -2.34. The van der Waals surface area contributed by atoms with Crippen LogP contribution in [0.1, 0.15) is 20.8 Å². The van der Waals surface area contributed by atoms with Gasteiger partial charge in [0.1, 0.15) is 11.4 Å². The van der Waals surface area contributed by atoms with Gasteiger partial charge in [-0.1, -0.05) is 0 Å². The van der Waals surface area contributed by atoms with Gasteiger partial charge in [-0.15, -0.1) is 11.3 Å². The van der Waals surface area contributed by atoms with E-state index in [0.29, 0.717) is 6.04 Å². The molecule has 3 rings (SSSR count). The molecule has 0 amide bonds. The van der Waals surface area contributed by atoms with Crippen LogP contribution in [0, 0.1) is 0 Å². The summed E-state index contributed by atoms with van der Waals surface area (Å²) in [7, 11) is 1.68. The first-order valence-corrected chi connectivity index (χ1v) is 8.93. The topological polar surface area (TPSA) is 59.1 Å². The highest BCUT2D eigenvalue weighted by Gasteiger charge is 2.12. The number of benzene rings is 1. The molecule has 1 aromatic carbocycles. The predicted molar refractivity (Wildman–Crippen MR) is 102 cm³/mol. The maximum absolute atomic E-state index is 5.56. The first-order valence-electron chi connectivity index (χ1n) is 8.05. The molecule has 126 valence electrons. The molecule has 0 fully saturated rings. The molecule has 24 heavy (non-hydrogen) atoms. The van der Waals surface area contributed by atoms with E-state index in [0.717, 1.165) is 45.4 Å². The largest absolute Gasteiger partial charge is 0.496 e. The molecule has 0 bridgehead atoms. The average Bonchev–Trinajstić information content (AvgIpc) is 3.01. The van der Waals surface area contributed by atoms with Gasteiger partial charge in [0.25, 0.3) is 0 Å². The Bertz CT molecular complexity index is 844. The summed E-state index contributed by atoms with van der Waals surface area (Å²) in [5, 5.41) is 10.6. The summed E-state index contributed by atoms with van der Waals surface area (Å²) in [5.41, 5.74) is 3.63. The summed E-state index contributed by atoms with van der Waals surface area (Å²) in [5.74, 6) is 0.810. The summed E-state index contributed by atoms with van der Waals surface area (Å²) in [4.78, 5) is 9.42. The van der Waals surface area contributed by atoms with Crippen LogP contribution in [-0.4, -0.2) is 29.7 Å². The van der Waals surface area contributed by atoms with Crippen molar-refractivity contribution < 1.29 is 4.74 Å². The summed E-state index contributed by atoms with van der Waals surface area (Å²) in [6, 6.07) is 8.43. The number of methoxy groups -OCH3 is 1. The van der Waals surface area contributed by atoms with E-state index >= 15 is 0 Å². The molecule has 0 saturated heterocycles. The molecular weight excluding hydrogens is 320 g/mol. The molecule has 0 aliphatic carbocycles. The summed E-state index contributed by atoms with van der Waals surface area (Å²) < 4.78 is 5.56. The van der Waals surface area contributed by atoms with Crippen molar-refractivity contribution in [2.24, 2.45) is 0 Å². The number of hydrogen-bond acceptors (Lipinski definition) is 6. The van der Waals surface area contributed by atoms with E-state index < -0.39 is 0 Å². The lowest BCUT2D eigenvalue weighted by molar-refractivity contribution is 0.419. The number of nitrogens with one attached hydrogen (secondary N) is 2. The smallest absolute Gasteiger partial charge is 0.183 e. The molecule has 0 spiro atoms. The van der Waals surface area contributed by atoms with E-state index in [9.17, 15) is 0 Å². The second-order valence-electron chi connectivity index (χ2n) is 5.81. The van der Waals surface area contributed by atoms with Gasteiger partial charge in [0, 0.05) is 35.1 Å². The number of nitrogens with zero attached hydrogens (tertiary/aromatic N) is 2. The number of rotatable bonds is 6. The normalized spacial score (nSPS) is 11.0. The van der Waals surface area contributed by atoms with Crippen LogP contribution in [-0.2, 0) is 0 Å². The summed E-state index contributed by atoms with van der Waals surface area (Å²) >= 11 is 1.59. The highest BCUT2D eigenvalue weighted by atomic mass is 32.1. The zero-order valence-electron chi connectivity index (χ0n) is 14.4. The summed E-state index contributed by atoms with van der Waals surface area (Å²) in [6.07, 6.45) is 0. The number of aromatic nitrogens is 2. The van der Waals surface area contributed by atoms with Crippen molar-refractivity contribution in [1.29, 1.82) is 0 Å². The highest BCUT2D eigenvalue weighted by Crippen LogP contribution is 2.32. The number of hydrogen-bond donors (Lipinski definition) is 2. The standard InChI is InChI=1S/C18H22N4OS/c1-5-19-12-6-7-13-14(8-12)21-15(9-17(13)23-4)16-10-24-18(22-16)20-11(2)3/h6-11,19H,5H2,1-4H3,(H,20,22). The molecule has 0 aliphatic heterocycles. The first-order chi connectivity index (χ1) is 11.6. The van der Waals surface area contributed by atoms with Crippen molar-refractivity contribution in [3.8, 4) is 17.1 Å². The van der Waals surface area contributed by atoms with E-state index in [2.05, 4.69) is 36.4 Å². The Labute approximate surface area is 146 Å². The van der Waals surface area contributed by atoms with E-state index in [4.69, 9.17) is 9.72 Å². The monoisotopic (exact) mass is 342 g/mol. The van der Waals surface area contributed by atoms with Gasteiger partial charge >= 0.3 is 0 Å². The third kappa shape index (κ3) is 3.43. The van der Waals surface area contributed by atoms with Gasteiger partial charge in [0.15, 0.2) is 5.13 Å². The van der Waals surface area contributed by atoms with E-state index in [1.807, 2.05) is 29.6 Å². The van der Waals surface area contributed by atoms with Crippen LogP contribution >= 0.6 is 11.3 Å². The fraction of sp³-hybridized carbons (Fsp3) is 0.333. The fourth-order valence-electron chi connectivity index (χ4n) is 2.52. The first kappa shape index (κ1) is 16.5. The minimum Gasteiger partial charge on any atom is -0.496 e. The molecule has 0 atom stereocenters. The molecule has 0 saturated carbocycles. The number of pyridine rings is 1. The Morgan fingerprint density at radius 2 is 2.00 bits per heavy atom. The quantitative estimate of drug-likeness (QED) is 0.684. The van der Waals surface area contributed by atoms with Crippen molar-refractivity contribution in [3.63, 3.8) is 0 Å². The Balaban J connectivity index is 2.05. The minimum atomic E-state index is 0.353. The van der Waals surface area contributed by atoms with Gasteiger partial charge in [0.05, 0.1) is 18.3 Å². The molecule has 2 aromatic heterocycles. The van der Waals surface area contributed by atoms with Gasteiger partial charge in [0.2, 0.25) is 0 Å². The number of ether oxygens (including phenoxy) is 1.